The van der Waals surface area contributed by atoms with Crippen molar-refractivity contribution in [3.05, 3.63) is 18.5 Å². The van der Waals surface area contributed by atoms with Gasteiger partial charge in [-0.05, 0) is 22.2 Å². The van der Waals surface area contributed by atoms with Gasteiger partial charge in [0.15, 0.2) is 0 Å². The third-order valence-electron chi connectivity index (χ3n) is 0.409. The molecule has 5 heteroatoms. The summed E-state index contributed by atoms with van der Waals surface area (Å²) in [6, 6.07) is 1.72. The zero-order chi connectivity index (χ0) is 4.24. The number of aromatic nitrogens is 3. The lowest BCUT2D eigenvalue weighted by Gasteiger charge is -1.68. The topological polar surface area (TPSA) is 38.7 Å². The van der Waals surface area contributed by atoms with E-state index in [1.807, 2.05) is 0 Å². The van der Waals surface area contributed by atoms with Crippen molar-refractivity contribution in [2.24, 2.45) is 0 Å². The molecule has 0 atom stereocenters. The largest absolute Gasteiger partial charge is 0.197 e. The molecule has 0 saturated heterocycles. The van der Waals surface area contributed by atoms with Crippen molar-refractivity contribution in [2.45, 2.75) is 0 Å². The number of nitrogens with zero attached hydrogens (tertiary/aromatic N) is 3. The maximum absolute atomic E-state index is 3.42. The molecule has 0 aliphatic carbocycles. The molecule has 0 radical (unpaired) electrons. The van der Waals surface area contributed by atoms with E-state index in [1.165, 1.54) is 0 Å². The van der Waals surface area contributed by atoms with E-state index >= 15 is 0 Å². The van der Waals surface area contributed by atoms with E-state index in [4.69, 9.17) is 0 Å². The molecule has 1 aromatic rings. The Labute approximate surface area is 59.0 Å². The van der Waals surface area contributed by atoms with E-state index in [0.29, 0.717) is 0 Å². The normalized spacial score (nSPS) is 6.00. The summed E-state index contributed by atoms with van der Waals surface area (Å²) in [6.07, 6.45) is 3.15. The van der Waals surface area contributed by atoms with Gasteiger partial charge in [-0.3, -0.25) is 0 Å². The van der Waals surface area contributed by atoms with Gasteiger partial charge in [0.05, 0.1) is 12.4 Å². The lowest BCUT2D eigenvalue weighted by molar-refractivity contribution is 0.865. The van der Waals surface area contributed by atoms with Crippen LogP contribution in [-0.2, 0) is 0 Å². The molecule has 0 aliphatic rings. The molecule has 1 aromatic heterocycles. The fourth-order valence-corrected chi connectivity index (χ4v) is 0.205. The third-order valence-corrected chi connectivity index (χ3v) is 0.409. The van der Waals surface area contributed by atoms with Gasteiger partial charge in [0, 0.05) is 0 Å². The summed E-state index contributed by atoms with van der Waals surface area (Å²) in [7, 11) is 0. The predicted molar refractivity (Wildman–Crippen MR) is 41.5 cm³/mol. The lowest BCUT2D eigenvalue weighted by Crippen LogP contribution is -1.78. The molecular weight excluding hydrogens is 138 g/mol. The van der Waals surface area contributed by atoms with Crippen LogP contribution in [0, 0.1) is 0 Å². The van der Waals surface area contributed by atoms with E-state index in [1.54, 1.807) is 18.5 Å². The van der Waals surface area contributed by atoms with Crippen molar-refractivity contribution in [3.63, 3.8) is 0 Å². The summed E-state index contributed by atoms with van der Waals surface area (Å²) >= 11 is 0. The second kappa shape index (κ2) is 6.58. The molecule has 0 saturated carbocycles. The Balaban J connectivity index is 0. The lowest BCUT2D eigenvalue weighted by atomic mass is 10.7. The Hall–Kier alpha value is -0.423. The van der Waals surface area contributed by atoms with Crippen LogP contribution >= 0.6 is 13.5 Å². The second-order valence-corrected chi connectivity index (χ2v) is 0.811. The minimum atomic E-state index is 0. The number of hydrogen-bond donors (Lipinski definition) is 0. The molecule has 0 unspecified atom stereocenters. The molecule has 1 rings (SSSR count). The quantitative estimate of drug-likeness (QED) is 0.421. The summed E-state index contributed by atoms with van der Waals surface area (Å²) < 4.78 is 0. The zero-order valence-electron chi connectivity index (χ0n) is 3.57. The highest BCUT2D eigenvalue weighted by molar-refractivity contribution is 7.59. The molecule has 3 nitrogen and oxygen atoms in total. The number of hydrogen-bond acceptors (Lipinski definition) is 3. The van der Waals surface area contributed by atoms with Crippen molar-refractivity contribution in [1.29, 1.82) is 0 Å². The van der Waals surface area contributed by atoms with Crippen LogP contribution in [0.5, 0.6) is 0 Å². The minimum absolute atomic E-state index is 0. The molecule has 0 aliphatic heterocycles. The Kier molecular flexibility index (Phi) is 8.66. The Bertz CT molecular complexity index is 86.5. The smallest absolute Gasteiger partial charge is 0.0529 e. The molecule has 8 heavy (non-hydrogen) atoms. The van der Waals surface area contributed by atoms with E-state index in [-0.39, 0.29) is 24.5 Å². The molecule has 1 heterocycles. The van der Waals surface area contributed by atoms with Gasteiger partial charge in [0.2, 0.25) is 0 Å². The Morgan fingerprint density at radius 2 is 1.50 bits per heavy atom. The highest BCUT2D eigenvalue weighted by Crippen LogP contribution is 1.61. The predicted octanol–water partition coefficient (Wildman–Crippen LogP) is -1.47. The van der Waals surface area contributed by atoms with Gasteiger partial charge in [-0.25, -0.2) is 0 Å². The van der Waals surface area contributed by atoms with Gasteiger partial charge in [0.25, 0.3) is 0 Å². The van der Waals surface area contributed by atoms with Crippen molar-refractivity contribution in [1.82, 2.24) is 15.4 Å². The monoisotopic (exact) mass is 147 g/mol. The first-order valence-electron chi connectivity index (χ1n) is 1.58. The van der Waals surface area contributed by atoms with E-state index in [2.05, 4.69) is 15.4 Å². The Morgan fingerprint density at radius 1 is 1.00 bits per heavy atom. The Morgan fingerprint density at radius 3 is 1.62 bits per heavy atom. The van der Waals surface area contributed by atoms with Crippen molar-refractivity contribution >= 4 is 24.5 Å². The zero-order valence-corrected chi connectivity index (χ0v) is 4.57. The molecule has 0 bridgehead atoms. The standard InChI is InChI=1S/C3H3N3.H2S.H4Si/c1-2-4-6-5-3-1;;/h1-3H;1H2;1H4. The summed E-state index contributed by atoms with van der Waals surface area (Å²) in [4.78, 5) is 0. The first-order chi connectivity index (χ1) is 3.00. The van der Waals surface area contributed by atoms with Gasteiger partial charge in [-0.2, -0.15) is 13.5 Å². The summed E-state index contributed by atoms with van der Waals surface area (Å²) in [5.74, 6) is 0. The molecule has 0 spiro atoms. The minimum Gasteiger partial charge on any atom is -0.197 e. The van der Waals surface area contributed by atoms with Gasteiger partial charge in [-0.15, -0.1) is 10.2 Å². The van der Waals surface area contributed by atoms with Gasteiger partial charge < -0.3 is 0 Å². The molecule has 0 aromatic carbocycles. The number of rotatable bonds is 0. The van der Waals surface area contributed by atoms with Gasteiger partial charge in [-0.1, -0.05) is 0 Å². The summed E-state index contributed by atoms with van der Waals surface area (Å²) in [5.41, 5.74) is 0. The fourth-order valence-electron chi connectivity index (χ4n) is 0.205. The van der Waals surface area contributed by atoms with Gasteiger partial charge >= 0.3 is 0 Å². The highest BCUT2D eigenvalue weighted by Gasteiger charge is 1.60. The van der Waals surface area contributed by atoms with Crippen molar-refractivity contribution in [3.8, 4) is 0 Å². The highest BCUT2D eigenvalue weighted by atomic mass is 32.1. The molecule has 46 valence electrons. The molecule has 0 N–H and O–H groups in total. The fraction of sp³-hybridized carbons (Fsp3) is 0. The van der Waals surface area contributed by atoms with E-state index < -0.39 is 0 Å². The summed E-state index contributed by atoms with van der Waals surface area (Å²) in [5, 5.41) is 10.1. The van der Waals surface area contributed by atoms with Crippen LogP contribution in [0.2, 0.25) is 0 Å². The molecule has 0 amide bonds. The average Bonchev–Trinajstić information content (AvgIpc) is 1.72. The first-order valence-corrected chi connectivity index (χ1v) is 1.58. The third kappa shape index (κ3) is 3.76. The average molecular weight is 147 g/mol. The molecule has 0 fully saturated rings. The van der Waals surface area contributed by atoms with Crippen LogP contribution in [0.1, 0.15) is 0 Å². The maximum Gasteiger partial charge on any atom is 0.0529 e. The maximum atomic E-state index is 3.42. The van der Waals surface area contributed by atoms with Crippen LogP contribution in [-0.4, -0.2) is 26.4 Å². The van der Waals surface area contributed by atoms with Crippen LogP contribution in [0.25, 0.3) is 0 Å². The first kappa shape index (κ1) is 10.5. The van der Waals surface area contributed by atoms with E-state index in [9.17, 15) is 0 Å². The second-order valence-electron chi connectivity index (χ2n) is 0.811. The summed E-state index contributed by atoms with van der Waals surface area (Å²) in [6.45, 7) is 0. The SMILES string of the molecule is S.[SiH4].c1cnnnc1. The van der Waals surface area contributed by atoms with Crippen molar-refractivity contribution < 1.29 is 0 Å². The molecular formula is C3H9N3SSi. The van der Waals surface area contributed by atoms with Crippen LogP contribution < -0.4 is 0 Å². The van der Waals surface area contributed by atoms with Crippen molar-refractivity contribution in [2.75, 3.05) is 0 Å². The van der Waals surface area contributed by atoms with Crippen LogP contribution in [0.3, 0.4) is 0 Å². The van der Waals surface area contributed by atoms with Gasteiger partial charge in [0.1, 0.15) is 0 Å². The van der Waals surface area contributed by atoms with E-state index in [0.717, 1.165) is 0 Å². The van der Waals surface area contributed by atoms with Crippen LogP contribution in [0.15, 0.2) is 18.5 Å². The van der Waals surface area contributed by atoms with Crippen LogP contribution in [0.4, 0.5) is 0 Å².